The average molecular weight is 657 g/mol. The van der Waals surface area contributed by atoms with Crippen molar-refractivity contribution >= 4 is 22.4 Å². The Balaban J connectivity index is 1.29. The van der Waals surface area contributed by atoms with Crippen LogP contribution in [0.3, 0.4) is 0 Å². The molecule has 0 spiro atoms. The Morgan fingerprint density at radius 1 is 0.638 bits per heavy atom. The Hall–Kier alpha value is -2.22. The first-order chi connectivity index (χ1) is 22.9. The fourth-order valence-corrected chi connectivity index (χ4v) is 7.84. The molecule has 5 unspecified atom stereocenters. The molecule has 2 saturated heterocycles. The fraction of sp³-hybridized carbons (Fsp3) is 0.514. The van der Waals surface area contributed by atoms with Gasteiger partial charge in [0.05, 0.1) is 6.61 Å². The van der Waals surface area contributed by atoms with Crippen LogP contribution in [0.2, 0.25) is 0 Å². The molecule has 3 aromatic carbocycles. The summed E-state index contributed by atoms with van der Waals surface area (Å²) in [5.74, 6) is 0.449. The van der Waals surface area contributed by atoms with E-state index in [-0.39, 0.29) is 62.4 Å². The zero-order valence-electron chi connectivity index (χ0n) is 28.0. The second kappa shape index (κ2) is 18.5. The van der Waals surface area contributed by atoms with Crippen molar-refractivity contribution in [3.8, 4) is 0 Å². The summed E-state index contributed by atoms with van der Waals surface area (Å²) in [4.78, 5) is 0. The molecule has 10 heteroatoms. The van der Waals surface area contributed by atoms with Crippen LogP contribution in [0.1, 0.15) is 44.4 Å². The first kappa shape index (κ1) is 36.1. The van der Waals surface area contributed by atoms with E-state index in [9.17, 15) is 4.70 Å². The summed E-state index contributed by atoms with van der Waals surface area (Å²) in [7, 11) is 1.14. The summed E-state index contributed by atoms with van der Waals surface area (Å²) in [6.07, 6.45) is -1.72. The molecule has 0 bridgehead atoms. The zero-order chi connectivity index (χ0) is 33.0. The fourth-order valence-electron chi connectivity index (χ4n) is 6.58. The summed E-state index contributed by atoms with van der Waals surface area (Å²) in [6, 6.07) is 30.5. The molecular formula is C37H48B2O7P. The molecule has 7 nitrogen and oxygen atoms in total. The molecule has 5 rings (SSSR count). The third kappa shape index (κ3) is 10.1. The van der Waals surface area contributed by atoms with Gasteiger partial charge in [0, 0.05) is 0 Å². The van der Waals surface area contributed by atoms with Crippen LogP contribution in [0, 0.1) is 17.8 Å². The Labute approximate surface area is 283 Å². The molecule has 0 aliphatic carbocycles. The normalized spacial score (nSPS) is 31.1. The standard InChI is InChI=1S/C37H48B2O7P/c1-25-26(2)34(28(4)44-32(25)23-41-20-29-14-8-5-9-15-29)46-37-35(43-22-31-18-12-7-13-19-31)36(47-39-38-40)27(3)33(45-37)24-42-21-30-16-10-6-11-17-30/h5-19,25-28,32-37,47H,20-24H2,1-4H3/t25-,26-,27+,28+,32?,33?,34?,35?,36-,37+/m0/s1. The predicted octanol–water partition coefficient (Wildman–Crippen LogP) is 6.44. The molecule has 0 aromatic heterocycles. The second-order valence-electron chi connectivity index (χ2n) is 12.9. The van der Waals surface area contributed by atoms with Crippen molar-refractivity contribution in [2.45, 2.75) is 90.0 Å². The molecule has 1 radical (unpaired) electrons. The van der Waals surface area contributed by atoms with Gasteiger partial charge in [-0.2, -0.15) is 0 Å². The molecule has 0 amide bonds. The Morgan fingerprint density at radius 2 is 1.15 bits per heavy atom. The van der Waals surface area contributed by atoms with E-state index in [0.29, 0.717) is 33.0 Å². The van der Waals surface area contributed by atoms with Crippen LogP contribution in [0.4, 0.5) is 0 Å². The van der Waals surface area contributed by atoms with Crippen molar-refractivity contribution in [3.05, 3.63) is 108 Å². The molecule has 47 heavy (non-hydrogen) atoms. The van der Waals surface area contributed by atoms with Crippen LogP contribution in [0.25, 0.3) is 0 Å². The van der Waals surface area contributed by atoms with Crippen LogP contribution >= 0.6 is 8.46 Å². The molecule has 249 valence electrons. The van der Waals surface area contributed by atoms with E-state index in [4.69, 9.17) is 28.4 Å². The van der Waals surface area contributed by atoms with E-state index >= 15 is 0 Å². The summed E-state index contributed by atoms with van der Waals surface area (Å²) >= 11 is 0. The third-order valence-corrected chi connectivity index (χ3v) is 11.2. The monoisotopic (exact) mass is 657 g/mol. The van der Waals surface area contributed by atoms with Crippen LogP contribution < -0.4 is 0 Å². The van der Waals surface area contributed by atoms with Gasteiger partial charge in [-0.3, -0.25) is 0 Å². The summed E-state index contributed by atoms with van der Waals surface area (Å²) in [6.45, 7) is 12.8. The van der Waals surface area contributed by atoms with E-state index in [1.54, 1.807) is 6.89 Å². The number of hydrogen-bond acceptors (Lipinski definition) is 7. The van der Waals surface area contributed by atoms with Crippen molar-refractivity contribution < 1.29 is 33.1 Å². The Kier molecular flexibility index (Phi) is 14.2. The topological polar surface area (TPSA) is 72.5 Å². The van der Waals surface area contributed by atoms with Gasteiger partial charge in [-0.05, 0) is 5.56 Å². The van der Waals surface area contributed by atoms with Gasteiger partial charge in [-0.15, -0.1) is 0 Å². The molecule has 11 atom stereocenters. The molecule has 2 aliphatic heterocycles. The average Bonchev–Trinajstić information content (AvgIpc) is 3.10. The van der Waals surface area contributed by atoms with Gasteiger partial charge in [0.2, 0.25) is 0 Å². The number of ether oxygens (including phenoxy) is 6. The van der Waals surface area contributed by atoms with E-state index in [0.717, 1.165) is 23.7 Å². The molecular weight excluding hydrogens is 609 g/mol. The van der Waals surface area contributed by atoms with Crippen molar-refractivity contribution in [1.29, 1.82) is 0 Å². The Bertz CT molecular complexity index is 1320. The van der Waals surface area contributed by atoms with Gasteiger partial charge in [0.15, 0.2) is 0 Å². The number of benzene rings is 3. The first-order valence-electron chi connectivity index (χ1n) is 16.8. The SMILES string of the molecule is C[C@@H]1C(COCc2ccccc2)O[C@H](C)C(O[C@H]2OC(COCc3ccccc3)[C@@H](C)[C@H](P[B]B=O)C2OCc2ccccc2)[C@H]1C. The quantitative estimate of drug-likeness (QED) is 0.130. The summed E-state index contributed by atoms with van der Waals surface area (Å²) in [5, 5.41) is 0. The van der Waals surface area contributed by atoms with Gasteiger partial charge >= 0.3 is 242 Å². The third-order valence-electron chi connectivity index (χ3n) is 9.59. The van der Waals surface area contributed by atoms with Gasteiger partial charge in [0.25, 0.3) is 0 Å². The van der Waals surface area contributed by atoms with E-state index < -0.39 is 6.29 Å². The first-order valence-corrected chi connectivity index (χ1v) is 18.0. The number of hydrogen-bond donors (Lipinski definition) is 0. The van der Waals surface area contributed by atoms with E-state index in [2.05, 4.69) is 64.1 Å². The van der Waals surface area contributed by atoms with Crippen LogP contribution in [-0.4, -0.2) is 69.6 Å². The minimum absolute atomic E-state index is 0.0136. The molecule has 2 aliphatic rings. The van der Waals surface area contributed by atoms with Crippen molar-refractivity contribution in [1.82, 2.24) is 0 Å². The molecule has 2 heterocycles. The van der Waals surface area contributed by atoms with Gasteiger partial charge < -0.3 is 0 Å². The zero-order valence-corrected chi connectivity index (χ0v) is 29.0. The summed E-state index contributed by atoms with van der Waals surface area (Å²) in [5.41, 5.74) is 3.34. The van der Waals surface area contributed by atoms with Crippen LogP contribution in [0.15, 0.2) is 91.0 Å². The molecule has 0 saturated carbocycles. The second-order valence-corrected chi connectivity index (χ2v) is 14.2. The van der Waals surface area contributed by atoms with Crippen molar-refractivity contribution in [3.63, 3.8) is 0 Å². The Morgan fingerprint density at radius 3 is 1.68 bits per heavy atom. The van der Waals surface area contributed by atoms with Crippen LogP contribution in [-0.2, 0) is 52.9 Å². The van der Waals surface area contributed by atoms with E-state index in [1.165, 1.54) is 0 Å². The summed E-state index contributed by atoms with van der Waals surface area (Å²) < 4.78 is 50.8. The van der Waals surface area contributed by atoms with Crippen LogP contribution in [0.5, 0.6) is 0 Å². The van der Waals surface area contributed by atoms with Gasteiger partial charge in [-0.1, -0.05) is 30.3 Å². The minimum atomic E-state index is -0.658. The molecule has 2 fully saturated rings. The van der Waals surface area contributed by atoms with Crippen molar-refractivity contribution in [2.24, 2.45) is 17.8 Å². The maximum atomic E-state index is 11.6. The maximum absolute atomic E-state index is 11.6. The molecule has 3 aromatic rings. The predicted molar refractivity (Wildman–Crippen MR) is 187 cm³/mol. The number of rotatable bonds is 16. The van der Waals surface area contributed by atoms with E-state index in [1.807, 2.05) is 54.6 Å². The van der Waals surface area contributed by atoms with Gasteiger partial charge in [0.1, 0.15) is 0 Å². The molecule has 0 N–H and O–H groups in total. The van der Waals surface area contributed by atoms with Gasteiger partial charge in [-0.25, -0.2) is 0 Å². The van der Waals surface area contributed by atoms with Crippen molar-refractivity contribution in [2.75, 3.05) is 13.2 Å².